The lowest BCUT2D eigenvalue weighted by Crippen LogP contribution is -1.87. The van der Waals surface area contributed by atoms with E-state index in [9.17, 15) is 9.50 Å². The van der Waals surface area contributed by atoms with Gasteiger partial charge in [0.25, 0.3) is 0 Å². The molecule has 0 saturated heterocycles. The Labute approximate surface area is 103 Å². The van der Waals surface area contributed by atoms with Crippen LogP contribution in [0.3, 0.4) is 0 Å². The first kappa shape index (κ1) is 10.7. The Hall–Kier alpha value is -2.42. The first-order chi connectivity index (χ1) is 8.75. The van der Waals surface area contributed by atoms with Crippen molar-refractivity contribution in [1.82, 2.24) is 4.98 Å². The van der Waals surface area contributed by atoms with Crippen molar-refractivity contribution in [3.8, 4) is 16.9 Å². The molecule has 88 valence electrons. The molecule has 0 fully saturated rings. The summed E-state index contributed by atoms with van der Waals surface area (Å²) in [6, 6.07) is 11.8. The van der Waals surface area contributed by atoms with Crippen LogP contribution in [0.4, 0.5) is 4.39 Å². The van der Waals surface area contributed by atoms with E-state index in [1.165, 1.54) is 6.07 Å². The molecule has 2 nitrogen and oxygen atoms in total. The monoisotopic (exact) mass is 239 g/mol. The summed E-state index contributed by atoms with van der Waals surface area (Å²) in [4.78, 5) is 4.12. The van der Waals surface area contributed by atoms with Gasteiger partial charge in [-0.05, 0) is 17.5 Å². The van der Waals surface area contributed by atoms with Crippen LogP contribution in [-0.4, -0.2) is 10.1 Å². The predicted molar refractivity (Wildman–Crippen MR) is 68.8 cm³/mol. The minimum atomic E-state index is -0.451. The van der Waals surface area contributed by atoms with Crippen LogP contribution >= 0.6 is 0 Å². The predicted octanol–water partition coefficient (Wildman–Crippen LogP) is 3.75. The van der Waals surface area contributed by atoms with Gasteiger partial charge in [-0.25, -0.2) is 4.39 Å². The zero-order valence-corrected chi connectivity index (χ0v) is 9.47. The number of aromatic hydroxyl groups is 1. The standard InChI is InChI=1S/C15H10FNO/c16-15-7-11(18)5-6-13(15)14-9-17-8-10-3-1-2-4-12(10)14/h1-9,18H. The molecule has 18 heavy (non-hydrogen) atoms. The third-order valence-electron chi connectivity index (χ3n) is 2.91. The molecule has 0 unspecified atom stereocenters. The highest BCUT2D eigenvalue weighted by Gasteiger charge is 2.09. The van der Waals surface area contributed by atoms with Gasteiger partial charge in [0.2, 0.25) is 0 Å². The van der Waals surface area contributed by atoms with Crippen molar-refractivity contribution in [2.75, 3.05) is 0 Å². The van der Waals surface area contributed by atoms with Crippen LogP contribution < -0.4 is 0 Å². The number of hydrogen-bond acceptors (Lipinski definition) is 2. The maximum absolute atomic E-state index is 13.9. The van der Waals surface area contributed by atoms with Crippen molar-refractivity contribution < 1.29 is 9.50 Å². The third kappa shape index (κ3) is 1.70. The highest BCUT2D eigenvalue weighted by molar-refractivity contribution is 5.95. The number of hydrogen-bond donors (Lipinski definition) is 1. The van der Waals surface area contributed by atoms with Crippen molar-refractivity contribution in [2.24, 2.45) is 0 Å². The van der Waals surface area contributed by atoms with Crippen molar-refractivity contribution in [3.63, 3.8) is 0 Å². The van der Waals surface area contributed by atoms with Gasteiger partial charge in [0, 0.05) is 35.0 Å². The molecule has 0 amide bonds. The number of phenolic OH excluding ortho intramolecular Hbond substituents is 1. The average Bonchev–Trinajstić information content (AvgIpc) is 2.38. The summed E-state index contributed by atoms with van der Waals surface area (Å²) in [5, 5.41) is 11.1. The number of benzene rings is 2. The molecule has 0 bridgehead atoms. The highest BCUT2D eigenvalue weighted by atomic mass is 19.1. The van der Waals surface area contributed by atoms with Crippen LogP contribution in [0.25, 0.3) is 21.9 Å². The van der Waals surface area contributed by atoms with Gasteiger partial charge < -0.3 is 5.11 Å². The van der Waals surface area contributed by atoms with E-state index < -0.39 is 5.82 Å². The lowest BCUT2D eigenvalue weighted by Gasteiger charge is -2.07. The summed E-state index contributed by atoms with van der Waals surface area (Å²) in [6.07, 6.45) is 3.38. The second-order valence-corrected chi connectivity index (χ2v) is 4.07. The topological polar surface area (TPSA) is 33.1 Å². The SMILES string of the molecule is Oc1ccc(-c2cncc3ccccc23)c(F)c1. The minimum absolute atomic E-state index is 0.0792. The lowest BCUT2D eigenvalue weighted by molar-refractivity contribution is 0.469. The van der Waals surface area contributed by atoms with E-state index >= 15 is 0 Å². The van der Waals surface area contributed by atoms with E-state index in [0.29, 0.717) is 5.56 Å². The second kappa shape index (κ2) is 4.11. The quantitative estimate of drug-likeness (QED) is 0.701. The molecule has 3 heteroatoms. The molecule has 0 saturated carbocycles. The molecule has 3 aromatic rings. The average molecular weight is 239 g/mol. The van der Waals surface area contributed by atoms with Gasteiger partial charge in [-0.3, -0.25) is 4.98 Å². The molecule has 0 aliphatic carbocycles. The van der Waals surface area contributed by atoms with E-state index in [1.54, 1.807) is 18.5 Å². The van der Waals surface area contributed by atoms with Gasteiger partial charge in [-0.15, -0.1) is 0 Å². The Morgan fingerprint density at radius 1 is 0.944 bits per heavy atom. The fraction of sp³-hybridized carbons (Fsp3) is 0. The maximum atomic E-state index is 13.9. The Kier molecular flexibility index (Phi) is 2.45. The molecule has 1 aromatic heterocycles. The van der Waals surface area contributed by atoms with Crippen molar-refractivity contribution in [1.29, 1.82) is 0 Å². The summed E-state index contributed by atoms with van der Waals surface area (Å²) in [7, 11) is 0. The fourth-order valence-electron chi connectivity index (χ4n) is 2.05. The van der Waals surface area contributed by atoms with Crippen molar-refractivity contribution in [2.45, 2.75) is 0 Å². The fourth-order valence-corrected chi connectivity index (χ4v) is 2.05. The van der Waals surface area contributed by atoms with Crippen LogP contribution in [0.2, 0.25) is 0 Å². The van der Waals surface area contributed by atoms with Gasteiger partial charge in [-0.1, -0.05) is 24.3 Å². The van der Waals surface area contributed by atoms with Crippen LogP contribution in [0, 0.1) is 5.82 Å². The minimum Gasteiger partial charge on any atom is -0.508 e. The number of phenols is 1. The van der Waals surface area contributed by atoms with E-state index in [0.717, 1.165) is 22.4 Å². The lowest BCUT2D eigenvalue weighted by atomic mass is 10.0. The zero-order valence-electron chi connectivity index (χ0n) is 9.47. The zero-order chi connectivity index (χ0) is 12.5. The summed E-state index contributed by atoms with van der Waals surface area (Å²) in [6.45, 7) is 0. The number of pyridine rings is 1. The molecular formula is C15H10FNO. The van der Waals surface area contributed by atoms with Crippen molar-refractivity contribution in [3.05, 3.63) is 60.7 Å². The van der Waals surface area contributed by atoms with E-state index in [2.05, 4.69) is 4.98 Å². The number of aromatic nitrogens is 1. The molecule has 0 radical (unpaired) electrons. The van der Waals surface area contributed by atoms with Crippen LogP contribution in [0.15, 0.2) is 54.9 Å². The largest absolute Gasteiger partial charge is 0.508 e. The number of fused-ring (bicyclic) bond motifs is 1. The first-order valence-corrected chi connectivity index (χ1v) is 5.57. The smallest absolute Gasteiger partial charge is 0.134 e. The number of rotatable bonds is 1. The van der Waals surface area contributed by atoms with Gasteiger partial charge in [0.1, 0.15) is 11.6 Å². The summed E-state index contributed by atoms with van der Waals surface area (Å²) in [5.74, 6) is -0.530. The highest BCUT2D eigenvalue weighted by Crippen LogP contribution is 2.30. The molecule has 1 heterocycles. The van der Waals surface area contributed by atoms with Gasteiger partial charge >= 0.3 is 0 Å². The maximum Gasteiger partial charge on any atom is 0.134 e. The molecule has 0 atom stereocenters. The summed E-state index contributed by atoms with van der Waals surface area (Å²) >= 11 is 0. The van der Waals surface area contributed by atoms with E-state index in [4.69, 9.17) is 0 Å². The van der Waals surface area contributed by atoms with Crippen LogP contribution in [0.1, 0.15) is 0 Å². The Balaban J connectivity index is 2.31. The van der Waals surface area contributed by atoms with E-state index in [1.807, 2.05) is 24.3 Å². The molecule has 3 rings (SSSR count). The van der Waals surface area contributed by atoms with Crippen molar-refractivity contribution >= 4 is 10.8 Å². The number of halogens is 1. The van der Waals surface area contributed by atoms with E-state index in [-0.39, 0.29) is 5.75 Å². The summed E-state index contributed by atoms with van der Waals surface area (Å²) < 4.78 is 13.9. The second-order valence-electron chi connectivity index (χ2n) is 4.07. The van der Waals surface area contributed by atoms with Gasteiger partial charge in [-0.2, -0.15) is 0 Å². The Morgan fingerprint density at radius 3 is 2.61 bits per heavy atom. The molecule has 0 aliphatic heterocycles. The Bertz CT molecular complexity index is 719. The molecule has 0 spiro atoms. The summed E-state index contributed by atoms with van der Waals surface area (Å²) in [5.41, 5.74) is 1.17. The van der Waals surface area contributed by atoms with Gasteiger partial charge in [0.15, 0.2) is 0 Å². The van der Waals surface area contributed by atoms with Crippen LogP contribution in [0.5, 0.6) is 5.75 Å². The molecule has 2 aromatic carbocycles. The third-order valence-corrected chi connectivity index (χ3v) is 2.91. The molecule has 0 aliphatic rings. The first-order valence-electron chi connectivity index (χ1n) is 5.57. The Morgan fingerprint density at radius 2 is 1.78 bits per heavy atom. The number of nitrogens with zero attached hydrogens (tertiary/aromatic N) is 1. The van der Waals surface area contributed by atoms with Crippen LogP contribution in [-0.2, 0) is 0 Å². The normalized spacial score (nSPS) is 10.7. The van der Waals surface area contributed by atoms with Gasteiger partial charge in [0.05, 0.1) is 0 Å². The molecule has 1 N–H and O–H groups in total. The molecular weight excluding hydrogens is 229 g/mol.